The number of carbonyl (C=O) groups excluding carboxylic acids is 3. The molecule has 0 aliphatic carbocycles. The zero-order valence-electron chi connectivity index (χ0n) is 16.1. The number of hydrogen-bond donors (Lipinski definition) is 1. The van der Waals surface area contributed by atoms with E-state index in [2.05, 4.69) is 29.6 Å². The van der Waals surface area contributed by atoms with Crippen molar-refractivity contribution >= 4 is 17.7 Å². The Morgan fingerprint density at radius 3 is 2.30 bits per heavy atom. The highest BCUT2D eigenvalue weighted by Crippen LogP contribution is 2.12. The molecule has 0 bridgehead atoms. The average Bonchev–Trinajstić information content (AvgIpc) is 3.05. The molecule has 1 amide bonds. The molecule has 0 aromatic heterocycles. The number of nitrogens with one attached hydrogen (secondary N) is 1. The molecule has 2 rings (SSSR count). The predicted octanol–water partition coefficient (Wildman–Crippen LogP) is 3.74. The number of Topliss-reactive ketones (excluding diaryl/α,β-unsaturated/α-hetero) is 1. The minimum atomic E-state index is -0.577. The highest BCUT2D eigenvalue weighted by molar-refractivity contribution is 5.99. The van der Waals surface area contributed by atoms with E-state index < -0.39 is 12.0 Å². The molecule has 1 N–H and O–H groups in total. The van der Waals surface area contributed by atoms with Crippen molar-refractivity contribution < 1.29 is 19.1 Å². The number of ether oxygens (including phenoxy) is 1. The largest absolute Gasteiger partial charge is 0.464 e. The van der Waals surface area contributed by atoms with Gasteiger partial charge >= 0.3 is 5.97 Å². The fraction of sp³-hybridized carbons (Fsp3) is 0.591. The van der Waals surface area contributed by atoms with Crippen molar-refractivity contribution in [2.75, 3.05) is 6.61 Å². The fourth-order valence-electron chi connectivity index (χ4n) is 3.32. The fourth-order valence-corrected chi connectivity index (χ4v) is 3.32. The van der Waals surface area contributed by atoms with Crippen LogP contribution in [0.3, 0.4) is 0 Å². The smallest absolute Gasteiger partial charge is 0.328 e. The molecule has 1 unspecified atom stereocenters. The number of esters is 1. The lowest BCUT2D eigenvalue weighted by Gasteiger charge is -2.08. The summed E-state index contributed by atoms with van der Waals surface area (Å²) < 4.78 is 4.78. The summed E-state index contributed by atoms with van der Waals surface area (Å²) in [4.78, 5) is 34.9. The van der Waals surface area contributed by atoms with Gasteiger partial charge in [0.15, 0.2) is 0 Å². The Hall–Kier alpha value is -2.17. The van der Waals surface area contributed by atoms with Gasteiger partial charge in [0.25, 0.3) is 0 Å². The van der Waals surface area contributed by atoms with Crippen LogP contribution >= 0.6 is 0 Å². The highest BCUT2D eigenvalue weighted by atomic mass is 16.5. The van der Waals surface area contributed by atoms with E-state index in [1.807, 2.05) is 6.07 Å². The lowest BCUT2D eigenvalue weighted by atomic mass is 10.0. The van der Waals surface area contributed by atoms with Crippen LogP contribution in [0.5, 0.6) is 0 Å². The van der Waals surface area contributed by atoms with E-state index in [0.29, 0.717) is 19.4 Å². The number of unbranched alkanes of at least 4 members (excludes halogenated alkanes) is 6. The molecule has 1 aliphatic rings. The van der Waals surface area contributed by atoms with Crippen molar-refractivity contribution in [1.29, 1.82) is 0 Å². The van der Waals surface area contributed by atoms with Gasteiger partial charge in [-0.3, -0.25) is 9.59 Å². The number of benzene rings is 1. The zero-order chi connectivity index (χ0) is 19.3. The third-order valence-corrected chi connectivity index (χ3v) is 4.89. The van der Waals surface area contributed by atoms with Crippen molar-refractivity contribution in [2.24, 2.45) is 0 Å². The van der Waals surface area contributed by atoms with Crippen LogP contribution in [0.15, 0.2) is 30.3 Å². The number of ketones is 1. The summed E-state index contributed by atoms with van der Waals surface area (Å²) in [6.45, 7) is 0.337. The topological polar surface area (TPSA) is 72.5 Å². The molecule has 5 heteroatoms. The second-order valence-corrected chi connectivity index (χ2v) is 7.25. The van der Waals surface area contributed by atoms with Gasteiger partial charge in [0.05, 0.1) is 13.0 Å². The third-order valence-electron chi connectivity index (χ3n) is 4.89. The van der Waals surface area contributed by atoms with Gasteiger partial charge in [0.2, 0.25) is 5.91 Å². The molecule has 1 aromatic carbocycles. The average molecular weight is 373 g/mol. The van der Waals surface area contributed by atoms with E-state index >= 15 is 0 Å². The van der Waals surface area contributed by atoms with Crippen LogP contribution in [0.2, 0.25) is 0 Å². The molecule has 1 aliphatic heterocycles. The van der Waals surface area contributed by atoms with Crippen LogP contribution in [0.1, 0.15) is 69.8 Å². The first-order valence-corrected chi connectivity index (χ1v) is 10.2. The molecule has 0 saturated carbocycles. The van der Waals surface area contributed by atoms with E-state index in [9.17, 15) is 14.4 Å². The van der Waals surface area contributed by atoms with E-state index in [-0.39, 0.29) is 18.1 Å². The minimum absolute atomic E-state index is 0.0540. The summed E-state index contributed by atoms with van der Waals surface area (Å²) in [5, 5.41) is 2.57. The van der Waals surface area contributed by atoms with Gasteiger partial charge in [-0.25, -0.2) is 4.79 Å². The standard InChI is InChI=1S/C22H31NO4/c24-19(17-21(25)23-20-15-16-27-22(20)26)14-10-5-3-1-2-4-7-11-18-12-8-6-9-13-18/h6,8-9,12-13,20H,1-5,7,10-11,14-17H2,(H,23,25). The van der Waals surface area contributed by atoms with Gasteiger partial charge in [0.1, 0.15) is 11.8 Å². The van der Waals surface area contributed by atoms with Crippen molar-refractivity contribution in [1.82, 2.24) is 5.32 Å². The molecule has 1 heterocycles. The Morgan fingerprint density at radius 2 is 1.63 bits per heavy atom. The first-order valence-electron chi connectivity index (χ1n) is 10.2. The molecular weight excluding hydrogens is 342 g/mol. The summed E-state index contributed by atoms with van der Waals surface area (Å²) >= 11 is 0. The van der Waals surface area contributed by atoms with Crippen LogP contribution in [-0.2, 0) is 25.5 Å². The first-order chi connectivity index (χ1) is 13.1. The van der Waals surface area contributed by atoms with Crippen molar-refractivity contribution in [3.8, 4) is 0 Å². The van der Waals surface area contributed by atoms with Gasteiger partial charge < -0.3 is 10.1 Å². The molecule has 1 aromatic rings. The van der Waals surface area contributed by atoms with E-state index in [1.165, 1.54) is 31.2 Å². The second-order valence-electron chi connectivity index (χ2n) is 7.25. The molecule has 1 atom stereocenters. The SMILES string of the molecule is O=C(CCCCCCCCCc1ccccc1)CC(=O)NC1CCOC1=O. The minimum Gasteiger partial charge on any atom is -0.464 e. The molecule has 0 spiro atoms. The highest BCUT2D eigenvalue weighted by Gasteiger charge is 2.28. The van der Waals surface area contributed by atoms with Gasteiger partial charge in [-0.1, -0.05) is 62.4 Å². The van der Waals surface area contributed by atoms with E-state index in [1.54, 1.807) is 0 Å². The molecule has 1 fully saturated rings. The Labute approximate surface area is 161 Å². The lowest BCUT2D eigenvalue weighted by Crippen LogP contribution is -2.38. The van der Waals surface area contributed by atoms with Gasteiger partial charge in [-0.05, 0) is 24.8 Å². The lowest BCUT2D eigenvalue weighted by molar-refractivity contribution is -0.142. The third kappa shape index (κ3) is 8.85. The number of carbonyl (C=O) groups is 3. The van der Waals surface area contributed by atoms with E-state index in [0.717, 1.165) is 25.7 Å². The Kier molecular flexibility index (Phi) is 9.60. The Bertz CT molecular complexity index is 600. The number of amides is 1. The molecule has 148 valence electrons. The maximum absolute atomic E-state index is 11.8. The molecule has 0 radical (unpaired) electrons. The molecular formula is C22H31NO4. The van der Waals surface area contributed by atoms with Crippen LogP contribution in [0.4, 0.5) is 0 Å². The molecule has 1 saturated heterocycles. The second kappa shape index (κ2) is 12.3. The number of aryl methyl sites for hydroxylation is 1. The summed E-state index contributed by atoms with van der Waals surface area (Å²) in [6.07, 6.45) is 9.86. The number of rotatable bonds is 13. The number of cyclic esters (lactones) is 1. The van der Waals surface area contributed by atoms with Crippen LogP contribution in [0.25, 0.3) is 0 Å². The summed E-state index contributed by atoms with van der Waals surface area (Å²) in [6, 6.07) is 10.00. The zero-order valence-corrected chi connectivity index (χ0v) is 16.1. The Morgan fingerprint density at radius 1 is 0.963 bits per heavy atom. The van der Waals surface area contributed by atoms with Crippen LogP contribution in [-0.4, -0.2) is 30.3 Å². The number of hydrogen-bond acceptors (Lipinski definition) is 4. The normalized spacial score (nSPS) is 16.1. The maximum atomic E-state index is 11.8. The van der Waals surface area contributed by atoms with Crippen molar-refractivity contribution in [3.05, 3.63) is 35.9 Å². The predicted molar refractivity (Wildman–Crippen MR) is 104 cm³/mol. The van der Waals surface area contributed by atoms with Crippen LogP contribution in [0, 0.1) is 0 Å². The summed E-state index contributed by atoms with van der Waals surface area (Å²) in [7, 11) is 0. The van der Waals surface area contributed by atoms with Crippen molar-refractivity contribution in [2.45, 2.75) is 76.7 Å². The Balaban J connectivity index is 1.40. The monoisotopic (exact) mass is 373 g/mol. The van der Waals surface area contributed by atoms with Crippen molar-refractivity contribution in [3.63, 3.8) is 0 Å². The van der Waals surface area contributed by atoms with Gasteiger partial charge in [-0.15, -0.1) is 0 Å². The van der Waals surface area contributed by atoms with Gasteiger partial charge in [0, 0.05) is 12.8 Å². The summed E-state index contributed by atoms with van der Waals surface area (Å²) in [5.41, 5.74) is 1.41. The quantitative estimate of drug-likeness (QED) is 0.325. The van der Waals surface area contributed by atoms with E-state index in [4.69, 9.17) is 4.74 Å². The van der Waals surface area contributed by atoms with Crippen LogP contribution < -0.4 is 5.32 Å². The maximum Gasteiger partial charge on any atom is 0.328 e. The molecule has 27 heavy (non-hydrogen) atoms. The first kappa shape index (κ1) is 21.1. The summed E-state index contributed by atoms with van der Waals surface area (Å²) in [5.74, 6) is -0.830. The van der Waals surface area contributed by atoms with Gasteiger partial charge in [-0.2, -0.15) is 0 Å². The molecule has 5 nitrogen and oxygen atoms in total.